The van der Waals surface area contributed by atoms with Gasteiger partial charge in [-0.25, -0.2) is 0 Å². The highest BCUT2D eigenvalue weighted by Crippen LogP contribution is 2.35. The Morgan fingerprint density at radius 2 is 1.64 bits per heavy atom. The normalized spacial score (nSPS) is 11.5. The van der Waals surface area contributed by atoms with Crippen molar-refractivity contribution in [3.63, 3.8) is 0 Å². The molecule has 3 aromatic rings. The van der Waals surface area contributed by atoms with Gasteiger partial charge in [-0.15, -0.1) is 0 Å². The number of amides is 1. The van der Waals surface area contributed by atoms with E-state index in [-0.39, 0.29) is 11.6 Å². The molecule has 6 heteroatoms. The minimum Gasteiger partial charge on any atom is -0.322 e. The largest absolute Gasteiger partial charge is 0.418 e. The molecular weight excluding hydrogens is 365 g/mol. The molecule has 0 radical (unpaired) electrons. The van der Waals surface area contributed by atoms with Crippen molar-refractivity contribution < 1.29 is 18.0 Å². The minimum atomic E-state index is -4.48. The van der Waals surface area contributed by atoms with Gasteiger partial charge in [0.1, 0.15) is 0 Å². The molecule has 2 aromatic carbocycles. The molecule has 3 rings (SSSR count). The van der Waals surface area contributed by atoms with E-state index in [1.807, 2.05) is 32.0 Å². The van der Waals surface area contributed by atoms with Crippen molar-refractivity contribution in [2.24, 2.45) is 0 Å². The molecule has 0 aliphatic rings. The molecule has 3 nitrogen and oxygen atoms in total. The summed E-state index contributed by atoms with van der Waals surface area (Å²) in [5.74, 6) is -0.351. The van der Waals surface area contributed by atoms with Crippen LogP contribution in [0.4, 0.5) is 18.9 Å². The first-order valence-corrected chi connectivity index (χ1v) is 8.83. The maximum absolute atomic E-state index is 13.4. The van der Waals surface area contributed by atoms with E-state index < -0.39 is 11.7 Å². The molecule has 0 atom stereocenters. The molecule has 146 valence electrons. The van der Waals surface area contributed by atoms with Crippen molar-refractivity contribution in [2.75, 3.05) is 5.32 Å². The van der Waals surface area contributed by atoms with Crippen LogP contribution in [0.25, 0.3) is 5.69 Å². The smallest absolute Gasteiger partial charge is 0.322 e. The summed E-state index contributed by atoms with van der Waals surface area (Å²) in [5.41, 5.74) is 3.30. The fraction of sp³-hybridized carbons (Fsp3) is 0.227. The summed E-state index contributed by atoms with van der Waals surface area (Å²) in [4.78, 5) is 12.8. The van der Waals surface area contributed by atoms with Gasteiger partial charge in [0, 0.05) is 17.1 Å². The molecule has 1 N–H and O–H groups in total. The van der Waals surface area contributed by atoms with Gasteiger partial charge in [0.05, 0.1) is 16.8 Å². The quantitative estimate of drug-likeness (QED) is 0.590. The number of benzene rings is 2. The average molecular weight is 386 g/mol. The van der Waals surface area contributed by atoms with Gasteiger partial charge in [0.15, 0.2) is 0 Å². The number of anilines is 1. The highest BCUT2D eigenvalue weighted by atomic mass is 19.4. The maximum Gasteiger partial charge on any atom is 0.418 e. The van der Waals surface area contributed by atoms with Gasteiger partial charge in [-0.3, -0.25) is 4.79 Å². The Morgan fingerprint density at radius 3 is 2.29 bits per heavy atom. The summed E-state index contributed by atoms with van der Waals surface area (Å²) in [5, 5.41) is 2.86. The zero-order valence-corrected chi connectivity index (χ0v) is 16.1. The predicted octanol–water partition coefficient (Wildman–Crippen LogP) is 5.98. The summed E-state index contributed by atoms with van der Waals surface area (Å²) < 4.78 is 41.8. The van der Waals surface area contributed by atoms with E-state index in [0.717, 1.165) is 17.2 Å². The third-order valence-corrected chi connectivity index (χ3v) is 4.76. The number of rotatable bonds is 3. The molecule has 1 amide bonds. The summed E-state index contributed by atoms with van der Waals surface area (Å²) in [7, 11) is 0. The summed E-state index contributed by atoms with van der Waals surface area (Å²) in [6.07, 6.45) is -4.48. The molecule has 0 aliphatic heterocycles. The van der Waals surface area contributed by atoms with Crippen LogP contribution in [0, 0.1) is 27.7 Å². The summed E-state index contributed by atoms with van der Waals surface area (Å²) >= 11 is 0. The summed E-state index contributed by atoms with van der Waals surface area (Å²) in [6, 6.07) is 12.7. The lowest BCUT2D eigenvalue weighted by Crippen LogP contribution is -2.15. The number of aryl methyl sites for hydroxylation is 3. The lowest BCUT2D eigenvalue weighted by Gasteiger charge is -2.17. The van der Waals surface area contributed by atoms with Crippen molar-refractivity contribution in [1.29, 1.82) is 0 Å². The molecule has 0 saturated carbocycles. The molecule has 0 fully saturated rings. The molecular formula is C22H21F3N2O. The highest BCUT2D eigenvalue weighted by Gasteiger charge is 2.34. The zero-order valence-electron chi connectivity index (χ0n) is 16.1. The van der Waals surface area contributed by atoms with Crippen LogP contribution < -0.4 is 5.32 Å². The number of hydrogen-bond donors (Lipinski definition) is 1. The van der Waals surface area contributed by atoms with E-state index in [2.05, 4.69) is 5.32 Å². The number of aromatic nitrogens is 1. The number of carbonyl (C=O) groups excluding carboxylic acids is 1. The molecule has 0 saturated heterocycles. The number of halogens is 3. The van der Waals surface area contributed by atoms with E-state index in [0.29, 0.717) is 22.6 Å². The van der Waals surface area contributed by atoms with Crippen molar-refractivity contribution in [3.8, 4) is 5.69 Å². The number of hydrogen-bond acceptors (Lipinski definition) is 1. The van der Waals surface area contributed by atoms with Gasteiger partial charge < -0.3 is 9.88 Å². The van der Waals surface area contributed by atoms with Crippen LogP contribution in [0.2, 0.25) is 0 Å². The topological polar surface area (TPSA) is 34.0 Å². The molecule has 0 spiro atoms. The molecule has 0 aliphatic carbocycles. The predicted molar refractivity (Wildman–Crippen MR) is 104 cm³/mol. The Kier molecular flexibility index (Phi) is 5.06. The zero-order chi connectivity index (χ0) is 20.6. The second-order valence-electron chi connectivity index (χ2n) is 6.91. The lowest BCUT2D eigenvalue weighted by atomic mass is 10.1. The number of para-hydroxylation sites is 1. The third kappa shape index (κ3) is 3.67. The Morgan fingerprint density at radius 1 is 0.964 bits per heavy atom. The number of carbonyl (C=O) groups is 1. The van der Waals surface area contributed by atoms with E-state index in [1.54, 1.807) is 26.0 Å². The highest BCUT2D eigenvalue weighted by molar-refractivity contribution is 6.05. The fourth-order valence-corrected chi connectivity index (χ4v) is 3.42. The van der Waals surface area contributed by atoms with Crippen LogP contribution in [0.1, 0.15) is 38.4 Å². The fourth-order valence-electron chi connectivity index (χ4n) is 3.42. The van der Waals surface area contributed by atoms with Crippen LogP contribution in [0.15, 0.2) is 48.5 Å². The van der Waals surface area contributed by atoms with Crippen LogP contribution >= 0.6 is 0 Å². The maximum atomic E-state index is 13.4. The minimum absolute atomic E-state index is 0.00978. The van der Waals surface area contributed by atoms with Crippen LogP contribution in [0.5, 0.6) is 0 Å². The first-order valence-electron chi connectivity index (χ1n) is 8.83. The Balaban J connectivity index is 2.03. The van der Waals surface area contributed by atoms with Crippen molar-refractivity contribution in [3.05, 3.63) is 82.2 Å². The number of alkyl halides is 3. The first kappa shape index (κ1) is 19.7. The van der Waals surface area contributed by atoms with Crippen molar-refractivity contribution in [2.45, 2.75) is 33.9 Å². The second-order valence-corrected chi connectivity index (χ2v) is 6.91. The number of nitrogens with zero attached hydrogens (tertiary/aromatic N) is 1. The third-order valence-electron chi connectivity index (χ3n) is 4.76. The molecule has 1 aromatic heterocycles. The molecule has 0 unspecified atom stereocenters. The Labute approximate surface area is 161 Å². The molecule has 28 heavy (non-hydrogen) atoms. The Hall–Kier alpha value is -3.02. The van der Waals surface area contributed by atoms with Gasteiger partial charge in [-0.05, 0) is 57.5 Å². The SMILES string of the molecule is Cc1ccc(NC(=O)c2cc(C)n(-c3ccccc3C(F)(F)F)c2C)c(C)c1. The monoisotopic (exact) mass is 386 g/mol. The van der Waals surface area contributed by atoms with Crippen molar-refractivity contribution >= 4 is 11.6 Å². The lowest BCUT2D eigenvalue weighted by molar-refractivity contribution is -0.137. The number of nitrogens with one attached hydrogen (secondary N) is 1. The second kappa shape index (κ2) is 7.19. The first-order chi connectivity index (χ1) is 13.1. The van der Waals surface area contributed by atoms with Crippen LogP contribution in [-0.4, -0.2) is 10.5 Å². The molecule has 1 heterocycles. The van der Waals surface area contributed by atoms with Gasteiger partial charge in [-0.2, -0.15) is 13.2 Å². The van der Waals surface area contributed by atoms with E-state index >= 15 is 0 Å². The van der Waals surface area contributed by atoms with Crippen molar-refractivity contribution in [1.82, 2.24) is 4.57 Å². The average Bonchev–Trinajstić information content (AvgIpc) is 2.91. The van der Waals surface area contributed by atoms with Gasteiger partial charge >= 0.3 is 6.18 Å². The van der Waals surface area contributed by atoms with Gasteiger partial charge in [0.2, 0.25) is 0 Å². The van der Waals surface area contributed by atoms with E-state index in [1.165, 1.54) is 16.7 Å². The van der Waals surface area contributed by atoms with Crippen LogP contribution in [0.3, 0.4) is 0 Å². The Bertz CT molecular complexity index is 1050. The van der Waals surface area contributed by atoms with Crippen LogP contribution in [-0.2, 0) is 6.18 Å². The van der Waals surface area contributed by atoms with Gasteiger partial charge in [0.25, 0.3) is 5.91 Å². The molecule has 0 bridgehead atoms. The standard InChI is InChI=1S/C22H21F3N2O/c1-13-9-10-19(14(2)11-13)26-21(28)17-12-15(3)27(16(17)4)20-8-6-5-7-18(20)22(23,24)25/h5-12H,1-4H3,(H,26,28). The van der Waals surface area contributed by atoms with E-state index in [4.69, 9.17) is 0 Å². The summed E-state index contributed by atoms with van der Waals surface area (Å²) in [6.45, 7) is 7.20. The van der Waals surface area contributed by atoms with Gasteiger partial charge in [-0.1, -0.05) is 29.8 Å². The van der Waals surface area contributed by atoms with E-state index in [9.17, 15) is 18.0 Å².